The molecule has 6 N–H and O–H groups in total. The molecule has 2 aromatic carbocycles. The van der Waals surface area contributed by atoms with E-state index in [4.69, 9.17) is 20.9 Å². The molecule has 0 spiro atoms. The summed E-state index contributed by atoms with van der Waals surface area (Å²) in [6.07, 6.45) is 0. The van der Waals surface area contributed by atoms with E-state index in [2.05, 4.69) is 10.6 Å². The van der Waals surface area contributed by atoms with Gasteiger partial charge in [0.05, 0.1) is 49.2 Å². The number of para-hydroxylation sites is 4. The van der Waals surface area contributed by atoms with Crippen LogP contribution in [0.4, 0.5) is 22.7 Å². The van der Waals surface area contributed by atoms with Crippen molar-refractivity contribution in [2.45, 2.75) is 0 Å². The summed E-state index contributed by atoms with van der Waals surface area (Å²) < 4.78 is 11.0. The van der Waals surface area contributed by atoms with E-state index in [9.17, 15) is 0 Å². The van der Waals surface area contributed by atoms with Gasteiger partial charge in [0.25, 0.3) is 0 Å². The molecule has 0 saturated carbocycles. The van der Waals surface area contributed by atoms with Gasteiger partial charge in [-0.1, -0.05) is 24.3 Å². The lowest BCUT2D eigenvalue weighted by atomic mass is 10.3. The number of rotatable bonds is 11. The number of nitrogens with two attached hydrogens (primary N) is 2. The predicted molar refractivity (Wildman–Crippen MR) is 100 cm³/mol. The predicted octanol–water partition coefficient (Wildman–Crippen LogP) is 2.41. The van der Waals surface area contributed by atoms with E-state index in [1.165, 1.54) is 0 Å². The first-order valence-electron chi connectivity index (χ1n) is 8.09. The summed E-state index contributed by atoms with van der Waals surface area (Å²) in [6.45, 7) is 3.78. The number of hydrogen-bond donors (Lipinski definition) is 4. The number of ether oxygens (including phenoxy) is 2. The summed E-state index contributed by atoms with van der Waals surface area (Å²) in [7, 11) is 0. The van der Waals surface area contributed by atoms with E-state index >= 15 is 0 Å². The molecule has 0 bridgehead atoms. The Balaban J connectivity index is 1.43. The van der Waals surface area contributed by atoms with Gasteiger partial charge in [-0.15, -0.1) is 0 Å². The van der Waals surface area contributed by atoms with Gasteiger partial charge < -0.3 is 31.6 Å². The number of nitrogens with one attached hydrogen (secondary N) is 2. The first-order valence-corrected chi connectivity index (χ1v) is 8.09. The summed E-state index contributed by atoms with van der Waals surface area (Å²) in [5.74, 6) is 0. The van der Waals surface area contributed by atoms with Crippen LogP contribution in [0.5, 0.6) is 0 Å². The molecule has 0 aromatic heterocycles. The zero-order valence-electron chi connectivity index (χ0n) is 13.8. The van der Waals surface area contributed by atoms with Crippen molar-refractivity contribution >= 4 is 22.7 Å². The molecule has 2 aromatic rings. The zero-order valence-corrected chi connectivity index (χ0v) is 13.8. The van der Waals surface area contributed by atoms with Crippen molar-refractivity contribution in [2.75, 3.05) is 61.6 Å². The smallest absolute Gasteiger partial charge is 0.0701 e. The third-order valence-corrected chi connectivity index (χ3v) is 3.42. The van der Waals surface area contributed by atoms with E-state index in [0.717, 1.165) is 22.7 Å². The highest BCUT2D eigenvalue weighted by Crippen LogP contribution is 2.16. The zero-order chi connectivity index (χ0) is 17.0. The molecule has 0 aliphatic heterocycles. The quantitative estimate of drug-likeness (QED) is 0.373. The van der Waals surface area contributed by atoms with Gasteiger partial charge >= 0.3 is 0 Å². The molecule has 0 amide bonds. The minimum atomic E-state index is 0.569. The molecule has 0 aliphatic rings. The van der Waals surface area contributed by atoms with E-state index in [0.29, 0.717) is 39.5 Å². The Bertz CT molecular complexity index is 554. The van der Waals surface area contributed by atoms with Gasteiger partial charge in [0.2, 0.25) is 0 Å². The highest BCUT2D eigenvalue weighted by Gasteiger charge is 1.97. The van der Waals surface area contributed by atoms with Gasteiger partial charge in [-0.2, -0.15) is 0 Å². The Labute approximate surface area is 143 Å². The molecule has 0 atom stereocenters. The Morgan fingerprint density at radius 3 is 1.46 bits per heavy atom. The molecule has 2 rings (SSSR count). The topological polar surface area (TPSA) is 94.6 Å². The van der Waals surface area contributed by atoms with Gasteiger partial charge in [0.1, 0.15) is 0 Å². The molecule has 6 nitrogen and oxygen atoms in total. The van der Waals surface area contributed by atoms with Crippen LogP contribution in [0.2, 0.25) is 0 Å². The van der Waals surface area contributed by atoms with Crippen LogP contribution in [-0.2, 0) is 9.47 Å². The normalized spacial score (nSPS) is 10.5. The third kappa shape index (κ3) is 6.36. The lowest BCUT2D eigenvalue weighted by Crippen LogP contribution is -2.15. The fourth-order valence-electron chi connectivity index (χ4n) is 2.15. The van der Waals surface area contributed by atoms with Crippen molar-refractivity contribution in [1.82, 2.24) is 0 Å². The van der Waals surface area contributed by atoms with E-state index in [1.54, 1.807) is 0 Å². The van der Waals surface area contributed by atoms with Crippen LogP contribution >= 0.6 is 0 Å². The molecular weight excluding hydrogens is 304 g/mol. The van der Waals surface area contributed by atoms with Crippen LogP contribution in [0.3, 0.4) is 0 Å². The summed E-state index contributed by atoms with van der Waals surface area (Å²) >= 11 is 0. The lowest BCUT2D eigenvalue weighted by molar-refractivity contribution is 0.0557. The van der Waals surface area contributed by atoms with Gasteiger partial charge in [-0.05, 0) is 24.3 Å². The highest BCUT2D eigenvalue weighted by atomic mass is 16.5. The number of anilines is 4. The van der Waals surface area contributed by atoms with Crippen molar-refractivity contribution < 1.29 is 9.47 Å². The van der Waals surface area contributed by atoms with E-state index in [-0.39, 0.29) is 0 Å². The van der Waals surface area contributed by atoms with Crippen molar-refractivity contribution in [3.63, 3.8) is 0 Å². The van der Waals surface area contributed by atoms with Crippen molar-refractivity contribution in [2.24, 2.45) is 0 Å². The molecule has 24 heavy (non-hydrogen) atoms. The minimum absolute atomic E-state index is 0.569. The van der Waals surface area contributed by atoms with Crippen LogP contribution in [0.25, 0.3) is 0 Å². The molecule has 0 saturated heterocycles. The third-order valence-electron chi connectivity index (χ3n) is 3.42. The van der Waals surface area contributed by atoms with Crippen LogP contribution in [0, 0.1) is 0 Å². The first kappa shape index (κ1) is 17.9. The van der Waals surface area contributed by atoms with E-state index in [1.807, 2.05) is 48.5 Å². The van der Waals surface area contributed by atoms with E-state index < -0.39 is 0 Å². The van der Waals surface area contributed by atoms with Crippen molar-refractivity contribution in [3.8, 4) is 0 Å². The fraction of sp³-hybridized carbons (Fsp3) is 0.333. The molecule has 6 heteroatoms. The average molecular weight is 330 g/mol. The van der Waals surface area contributed by atoms with Crippen LogP contribution < -0.4 is 22.1 Å². The summed E-state index contributed by atoms with van der Waals surface area (Å²) in [4.78, 5) is 0. The lowest BCUT2D eigenvalue weighted by Gasteiger charge is -2.10. The fourth-order valence-corrected chi connectivity index (χ4v) is 2.15. The summed E-state index contributed by atoms with van der Waals surface area (Å²) in [5.41, 5.74) is 15.0. The standard InChI is InChI=1S/C18H26N4O2/c19-15-5-1-3-7-17(15)21-9-11-23-13-14-24-12-10-22-18-8-4-2-6-16(18)20/h1-8,21-22H,9-14,19-20H2. The van der Waals surface area contributed by atoms with Crippen LogP contribution in [0.15, 0.2) is 48.5 Å². The molecule has 0 unspecified atom stereocenters. The second-order valence-electron chi connectivity index (χ2n) is 5.25. The number of hydrogen-bond acceptors (Lipinski definition) is 6. The monoisotopic (exact) mass is 330 g/mol. The second-order valence-corrected chi connectivity index (χ2v) is 5.25. The molecule has 0 radical (unpaired) electrons. The van der Waals surface area contributed by atoms with Crippen molar-refractivity contribution in [3.05, 3.63) is 48.5 Å². The van der Waals surface area contributed by atoms with Gasteiger partial charge in [-0.25, -0.2) is 0 Å². The number of nitrogen functional groups attached to an aromatic ring is 2. The van der Waals surface area contributed by atoms with Gasteiger partial charge in [-0.3, -0.25) is 0 Å². The Hall–Kier alpha value is -2.44. The minimum Gasteiger partial charge on any atom is -0.397 e. The van der Waals surface area contributed by atoms with Crippen LogP contribution in [-0.4, -0.2) is 39.5 Å². The molecule has 0 heterocycles. The largest absolute Gasteiger partial charge is 0.397 e. The molecule has 0 aliphatic carbocycles. The van der Waals surface area contributed by atoms with Crippen LogP contribution in [0.1, 0.15) is 0 Å². The maximum Gasteiger partial charge on any atom is 0.0701 e. The Morgan fingerprint density at radius 2 is 1.04 bits per heavy atom. The molecular formula is C18H26N4O2. The van der Waals surface area contributed by atoms with Gasteiger partial charge in [0, 0.05) is 13.1 Å². The maximum absolute atomic E-state index is 5.84. The average Bonchev–Trinajstić information content (AvgIpc) is 2.59. The summed E-state index contributed by atoms with van der Waals surface area (Å²) in [5, 5.41) is 6.47. The maximum atomic E-state index is 5.84. The first-order chi connectivity index (χ1) is 11.8. The van der Waals surface area contributed by atoms with Gasteiger partial charge in [0.15, 0.2) is 0 Å². The summed E-state index contributed by atoms with van der Waals surface area (Å²) in [6, 6.07) is 15.4. The SMILES string of the molecule is Nc1ccccc1NCCOCCOCCNc1ccccc1N. The molecule has 0 fully saturated rings. The second kappa shape index (κ2) is 10.4. The Morgan fingerprint density at radius 1 is 0.625 bits per heavy atom. The van der Waals surface area contributed by atoms with Crippen molar-refractivity contribution in [1.29, 1.82) is 0 Å². The Kier molecular flexibility index (Phi) is 7.73. The highest BCUT2D eigenvalue weighted by molar-refractivity contribution is 5.66. The number of benzene rings is 2. The molecule has 130 valence electrons.